The van der Waals surface area contributed by atoms with Crippen LogP contribution >= 0.6 is 0 Å². The van der Waals surface area contributed by atoms with Gasteiger partial charge in [0, 0.05) is 12.1 Å². The largest absolute Gasteiger partial charge is 0.476 e. The van der Waals surface area contributed by atoms with Gasteiger partial charge < -0.3 is 14.8 Å². The minimum atomic E-state index is -1.16. The maximum atomic E-state index is 13.0. The molecule has 20 heavy (non-hydrogen) atoms. The number of carbonyl (C=O) groups is 1. The molecule has 104 valence electrons. The zero-order valence-corrected chi connectivity index (χ0v) is 10.6. The van der Waals surface area contributed by atoms with Crippen LogP contribution in [0.15, 0.2) is 24.3 Å². The number of aliphatic hydroxyl groups is 1. The van der Waals surface area contributed by atoms with E-state index in [1.54, 1.807) is 16.7 Å². The number of hydrogen-bond donors (Lipinski definition) is 2. The van der Waals surface area contributed by atoms with Gasteiger partial charge in [-0.25, -0.2) is 14.2 Å². The number of hydrogen-bond acceptors (Lipinski definition) is 3. The predicted octanol–water partition coefficient (Wildman–Crippen LogP) is 2.21. The molecule has 6 heteroatoms. The number of aromatic nitrogens is 2. The van der Waals surface area contributed by atoms with E-state index in [1.165, 1.54) is 12.1 Å². The zero-order valence-electron chi connectivity index (χ0n) is 10.6. The van der Waals surface area contributed by atoms with Crippen molar-refractivity contribution >= 4 is 5.97 Å². The van der Waals surface area contributed by atoms with Crippen molar-refractivity contribution in [2.75, 3.05) is 0 Å². The Bertz CT molecular complexity index is 664. The first-order valence-electron chi connectivity index (χ1n) is 6.35. The molecule has 1 aliphatic rings. The van der Waals surface area contributed by atoms with E-state index >= 15 is 0 Å². The molecule has 1 atom stereocenters. The Kier molecular flexibility index (Phi) is 3.02. The number of fused-ring (bicyclic) bond motifs is 1. The van der Waals surface area contributed by atoms with Crippen LogP contribution in [0.5, 0.6) is 0 Å². The zero-order chi connectivity index (χ0) is 14.3. The van der Waals surface area contributed by atoms with E-state index in [0.29, 0.717) is 30.0 Å². The van der Waals surface area contributed by atoms with Crippen LogP contribution in [0.4, 0.5) is 4.39 Å². The Morgan fingerprint density at radius 1 is 1.35 bits per heavy atom. The van der Waals surface area contributed by atoms with Crippen molar-refractivity contribution < 1.29 is 19.4 Å². The van der Waals surface area contributed by atoms with Crippen molar-refractivity contribution in [1.29, 1.82) is 0 Å². The summed E-state index contributed by atoms with van der Waals surface area (Å²) in [6, 6.07) is 5.71. The predicted molar refractivity (Wildman–Crippen MR) is 68.8 cm³/mol. The number of nitrogens with zero attached hydrogens (tertiary/aromatic N) is 2. The highest BCUT2D eigenvalue weighted by molar-refractivity contribution is 5.88. The molecule has 2 aromatic rings. The molecular weight excluding hydrogens is 263 g/mol. The second kappa shape index (κ2) is 4.72. The summed E-state index contributed by atoms with van der Waals surface area (Å²) < 4.78 is 14.7. The standard InChI is InChI=1S/C14H13FN2O3/c15-9-5-3-8(4-6-9)13-16-11(14(19)20)12-10(18)2-1-7-17(12)13/h3-6,10,18H,1-2,7H2,(H,19,20). The van der Waals surface area contributed by atoms with E-state index in [2.05, 4.69) is 4.98 Å². The van der Waals surface area contributed by atoms with Crippen molar-refractivity contribution in [2.45, 2.75) is 25.5 Å². The molecule has 0 saturated heterocycles. The summed E-state index contributed by atoms with van der Waals surface area (Å²) in [5.74, 6) is -1.07. The van der Waals surface area contributed by atoms with Gasteiger partial charge in [-0.1, -0.05) is 0 Å². The molecule has 0 fully saturated rings. The average Bonchev–Trinajstić information content (AvgIpc) is 2.81. The Morgan fingerprint density at radius 2 is 2.05 bits per heavy atom. The summed E-state index contributed by atoms with van der Waals surface area (Å²) in [7, 11) is 0. The fourth-order valence-electron chi connectivity index (χ4n) is 2.59. The number of aromatic carboxylic acids is 1. The molecule has 1 aromatic heterocycles. The average molecular weight is 276 g/mol. The maximum absolute atomic E-state index is 13.0. The highest BCUT2D eigenvalue weighted by atomic mass is 19.1. The number of aliphatic hydroxyl groups excluding tert-OH is 1. The Labute approximate surface area is 114 Å². The Balaban J connectivity index is 2.19. The van der Waals surface area contributed by atoms with Crippen LogP contribution in [0.3, 0.4) is 0 Å². The molecular formula is C14H13FN2O3. The normalized spacial score (nSPS) is 17.8. The summed E-state index contributed by atoms with van der Waals surface area (Å²) in [6.45, 7) is 0.597. The van der Waals surface area contributed by atoms with E-state index in [-0.39, 0.29) is 11.5 Å². The summed E-state index contributed by atoms with van der Waals surface area (Å²) in [5.41, 5.74) is 0.842. The minimum Gasteiger partial charge on any atom is -0.476 e. The van der Waals surface area contributed by atoms with Gasteiger partial charge in [-0.05, 0) is 37.1 Å². The third kappa shape index (κ3) is 1.98. The van der Waals surface area contributed by atoms with Gasteiger partial charge in [0.15, 0.2) is 5.69 Å². The number of carboxylic acid groups (broad SMARTS) is 1. The van der Waals surface area contributed by atoms with Gasteiger partial charge in [0.25, 0.3) is 0 Å². The quantitative estimate of drug-likeness (QED) is 0.881. The molecule has 0 radical (unpaired) electrons. The highest BCUT2D eigenvalue weighted by Crippen LogP contribution is 2.33. The lowest BCUT2D eigenvalue weighted by Crippen LogP contribution is -2.18. The first-order chi connectivity index (χ1) is 9.58. The van der Waals surface area contributed by atoms with E-state index in [1.807, 2.05) is 0 Å². The third-order valence-corrected chi connectivity index (χ3v) is 3.49. The molecule has 1 unspecified atom stereocenters. The fourth-order valence-corrected chi connectivity index (χ4v) is 2.59. The Morgan fingerprint density at radius 3 is 2.70 bits per heavy atom. The molecule has 1 aromatic carbocycles. The van der Waals surface area contributed by atoms with Gasteiger partial charge >= 0.3 is 5.97 Å². The van der Waals surface area contributed by atoms with Crippen LogP contribution in [0.2, 0.25) is 0 Å². The van der Waals surface area contributed by atoms with Crippen molar-refractivity contribution in [3.63, 3.8) is 0 Å². The first kappa shape index (κ1) is 12.8. The first-order valence-corrected chi connectivity index (χ1v) is 6.35. The van der Waals surface area contributed by atoms with Gasteiger partial charge in [0.1, 0.15) is 11.6 Å². The smallest absolute Gasteiger partial charge is 0.356 e. The summed E-state index contributed by atoms with van der Waals surface area (Å²) in [4.78, 5) is 15.4. The molecule has 0 bridgehead atoms. The maximum Gasteiger partial charge on any atom is 0.356 e. The molecule has 0 spiro atoms. The molecule has 3 rings (SSSR count). The number of rotatable bonds is 2. The summed E-state index contributed by atoms with van der Waals surface area (Å²) in [5, 5.41) is 19.2. The van der Waals surface area contributed by atoms with Crippen LogP contribution in [0, 0.1) is 5.82 Å². The molecule has 0 aliphatic carbocycles. The number of carboxylic acids is 1. The van der Waals surface area contributed by atoms with E-state index in [4.69, 9.17) is 0 Å². The minimum absolute atomic E-state index is 0.128. The van der Waals surface area contributed by atoms with Gasteiger partial charge in [0.05, 0.1) is 11.8 Å². The van der Waals surface area contributed by atoms with Gasteiger partial charge in [-0.3, -0.25) is 0 Å². The molecule has 2 N–H and O–H groups in total. The van der Waals surface area contributed by atoms with Crippen molar-refractivity contribution in [3.8, 4) is 11.4 Å². The number of halogens is 1. The lowest BCUT2D eigenvalue weighted by molar-refractivity contribution is 0.0677. The summed E-state index contributed by atoms with van der Waals surface area (Å²) in [6.07, 6.45) is 0.448. The van der Waals surface area contributed by atoms with Crippen molar-refractivity contribution in [2.24, 2.45) is 0 Å². The fraction of sp³-hybridized carbons (Fsp3) is 0.286. The molecule has 5 nitrogen and oxygen atoms in total. The van der Waals surface area contributed by atoms with Gasteiger partial charge in [-0.2, -0.15) is 0 Å². The van der Waals surface area contributed by atoms with Crippen molar-refractivity contribution in [3.05, 3.63) is 41.5 Å². The van der Waals surface area contributed by atoms with Crippen LogP contribution in [0.25, 0.3) is 11.4 Å². The van der Waals surface area contributed by atoms with Gasteiger partial charge in [0.2, 0.25) is 0 Å². The SMILES string of the molecule is O=C(O)c1nc(-c2ccc(F)cc2)n2c1C(O)CCC2. The lowest BCUT2D eigenvalue weighted by atomic mass is 10.0. The summed E-state index contributed by atoms with van der Waals surface area (Å²) >= 11 is 0. The highest BCUT2D eigenvalue weighted by Gasteiger charge is 2.30. The van der Waals surface area contributed by atoms with E-state index < -0.39 is 12.1 Å². The molecule has 1 aliphatic heterocycles. The number of benzene rings is 1. The topological polar surface area (TPSA) is 75.3 Å². The molecule has 2 heterocycles. The van der Waals surface area contributed by atoms with Crippen LogP contribution in [0.1, 0.15) is 35.1 Å². The van der Waals surface area contributed by atoms with Gasteiger partial charge in [-0.15, -0.1) is 0 Å². The Hall–Kier alpha value is -2.21. The lowest BCUT2D eigenvalue weighted by Gasteiger charge is -2.21. The van der Waals surface area contributed by atoms with E-state index in [9.17, 15) is 19.4 Å². The third-order valence-electron chi connectivity index (χ3n) is 3.49. The molecule has 0 saturated carbocycles. The second-order valence-electron chi connectivity index (χ2n) is 4.79. The van der Waals surface area contributed by atoms with Crippen LogP contribution in [-0.4, -0.2) is 25.7 Å². The van der Waals surface area contributed by atoms with Crippen LogP contribution < -0.4 is 0 Å². The second-order valence-corrected chi connectivity index (χ2v) is 4.79. The van der Waals surface area contributed by atoms with E-state index in [0.717, 1.165) is 6.42 Å². The van der Waals surface area contributed by atoms with Crippen molar-refractivity contribution in [1.82, 2.24) is 9.55 Å². The number of imidazole rings is 1. The van der Waals surface area contributed by atoms with Crippen LogP contribution in [-0.2, 0) is 6.54 Å². The molecule has 0 amide bonds. The monoisotopic (exact) mass is 276 g/mol.